The summed E-state index contributed by atoms with van der Waals surface area (Å²) in [6.45, 7) is 1.86. The monoisotopic (exact) mass is 240 g/mol. The molecule has 0 aliphatic heterocycles. The Balaban J connectivity index is 3.41. The van der Waals surface area contributed by atoms with Crippen LogP contribution in [0.2, 0.25) is 10.0 Å². The number of hydrogen-bond donors (Lipinski definition) is 1. The number of hydrogen-bond acceptors (Lipinski definition) is 2. The van der Waals surface area contributed by atoms with Gasteiger partial charge in [-0.2, -0.15) is 5.26 Å². The Morgan fingerprint density at radius 1 is 1.40 bits per heavy atom. The molecule has 0 radical (unpaired) electrons. The minimum absolute atomic E-state index is 0.357. The summed E-state index contributed by atoms with van der Waals surface area (Å²) in [5, 5.41) is 9.78. The first-order valence-electron chi connectivity index (χ1n) is 4.44. The molecule has 1 aromatic rings. The molecule has 0 spiro atoms. The lowest BCUT2D eigenvalue weighted by molar-refractivity contribution is 1.14. The van der Waals surface area contributed by atoms with Gasteiger partial charge in [-0.25, -0.2) is 0 Å². The van der Waals surface area contributed by atoms with E-state index in [1.165, 1.54) is 0 Å². The van der Waals surface area contributed by atoms with Crippen LogP contribution in [0.25, 0.3) is 5.70 Å². The summed E-state index contributed by atoms with van der Waals surface area (Å²) in [7, 11) is 0. The lowest BCUT2D eigenvalue weighted by Crippen LogP contribution is -2.02. The molecule has 1 aromatic carbocycles. The lowest BCUT2D eigenvalue weighted by Gasteiger charge is -2.08. The predicted molar refractivity (Wildman–Crippen MR) is 63.5 cm³/mol. The van der Waals surface area contributed by atoms with Crippen molar-refractivity contribution in [3.63, 3.8) is 0 Å². The zero-order chi connectivity index (χ0) is 11.4. The zero-order valence-electron chi connectivity index (χ0n) is 8.22. The average Bonchev–Trinajstić information content (AvgIpc) is 2.19. The summed E-state index contributed by atoms with van der Waals surface area (Å²) in [5.74, 6) is 0. The van der Waals surface area contributed by atoms with Crippen LogP contribution in [-0.4, -0.2) is 0 Å². The van der Waals surface area contributed by atoms with E-state index >= 15 is 0 Å². The van der Waals surface area contributed by atoms with Crippen LogP contribution in [0, 0.1) is 11.3 Å². The van der Waals surface area contributed by atoms with Crippen LogP contribution in [0.15, 0.2) is 23.8 Å². The molecule has 0 amide bonds. The van der Waals surface area contributed by atoms with Gasteiger partial charge >= 0.3 is 0 Å². The van der Waals surface area contributed by atoms with E-state index in [2.05, 4.69) is 0 Å². The maximum absolute atomic E-state index is 8.87. The summed E-state index contributed by atoms with van der Waals surface area (Å²) in [4.78, 5) is 0. The highest BCUT2D eigenvalue weighted by atomic mass is 35.5. The molecule has 1 rings (SSSR count). The van der Waals surface area contributed by atoms with Gasteiger partial charge in [-0.05, 0) is 18.6 Å². The van der Waals surface area contributed by atoms with Crippen molar-refractivity contribution in [1.82, 2.24) is 0 Å². The Bertz CT molecular complexity index is 424. The molecule has 2 N–H and O–H groups in total. The van der Waals surface area contributed by atoms with Gasteiger partial charge in [0.2, 0.25) is 0 Å². The van der Waals surface area contributed by atoms with Crippen LogP contribution >= 0.6 is 23.2 Å². The number of nitrogens with zero attached hydrogens (tertiary/aromatic N) is 1. The molecule has 0 fully saturated rings. The summed E-state index contributed by atoms with van der Waals surface area (Å²) >= 11 is 11.9. The Morgan fingerprint density at radius 3 is 2.33 bits per heavy atom. The first-order chi connectivity index (χ1) is 7.11. The Morgan fingerprint density at radius 2 is 1.93 bits per heavy atom. The van der Waals surface area contributed by atoms with Gasteiger partial charge < -0.3 is 5.73 Å². The number of nitriles is 1. The maximum atomic E-state index is 8.87. The lowest BCUT2D eigenvalue weighted by atomic mass is 10.1. The van der Waals surface area contributed by atoms with Gasteiger partial charge in [0.05, 0.1) is 27.4 Å². The van der Waals surface area contributed by atoms with E-state index < -0.39 is 0 Å². The van der Waals surface area contributed by atoms with E-state index in [1.807, 2.05) is 13.0 Å². The number of allylic oxidation sites excluding steroid dienone is 1. The van der Waals surface area contributed by atoms with Crippen LogP contribution in [0.4, 0.5) is 0 Å². The molecule has 0 heterocycles. The fourth-order valence-electron chi connectivity index (χ4n) is 1.24. The average molecular weight is 241 g/mol. The zero-order valence-corrected chi connectivity index (χ0v) is 9.73. The fraction of sp³-hybridized carbons (Fsp3) is 0.182. The second kappa shape index (κ2) is 5.06. The molecule has 0 aliphatic rings. The van der Waals surface area contributed by atoms with Crippen LogP contribution in [-0.2, 0) is 0 Å². The van der Waals surface area contributed by atoms with Gasteiger partial charge in [-0.15, -0.1) is 0 Å². The van der Waals surface area contributed by atoms with Gasteiger partial charge in [-0.3, -0.25) is 0 Å². The van der Waals surface area contributed by atoms with Crippen molar-refractivity contribution in [2.45, 2.75) is 13.3 Å². The number of halogens is 2. The molecular weight excluding hydrogens is 231 g/mol. The second-order valence-corrected chi connectivity index (χ2v) is 3.77. The molecule has 0 bridgehead atoms. The molecule has 0 aliphatic carbocycles. The van der Waals surface area contributed by atoms with E-state index in [9.17, 15) is 0 Å². The maximum Gasteiger partial charge on any atom is 0.0968 e. The molecule has 15 heavy (non-hydrogen) atoms. The van der Waals surface area contributed by atoms with Gasteiger partial charge in [0, 0.05) is 5.56 Å². The van der Waals surface area contributed by atoms with E-state index in [-0.39, 0.29) is 0 Å². The van der Waals surface area contributed by atoms with E-state index in [1.54, 1.807) is 18.2 Å². The van der Waals surface area contributed by atoms with Crippen molar-refractivity contribution in [2.24, 2.45) is 5.73 Å². The van der Waals surface area contributed by atoms with Crippen molar-refractivity contribution in [2.75, 3.05) is 0 Å². The van der Waals surface area contributed by atoms with E-state index in [0.29, 0.717) is 33.3 Å². The van der Waals surface area contributed by atoms with Gasteiger partial charge in [0.1, 0.15) is 0 Å². The summed E-state index contributed by atoms with van der Waals surface area (Å²) in [6.07, 6.45) is 0.559. The number of rotatable bonds is 2. The molecule has 78 valence electrons. The third kappa shape index (κ3) is 2.44. The predicted octanol–water partition coefficient (Wildman–Crippen LogP) is 3.60. The van der Waals surface area contributed by atoms with Crippen LogP contribution in [0.3, 0.4) is 0 Å². The number of nitrogens with two attached hydrogens (primary N) is 1. The molecule has 0 unspecified atom stereocenters. The van der Waals surface area contributed by atoms with E-state index in [4.69, 9.17) is 34.2 Å². The van der Waals surface area contributed by atoms with Crippen molar-refractivity contribution in [1.29, 1.82) is 5.26 Å². The second-order valence-electron chi connectivity index (χ2n) is 2.95. The van der Waals surface area contributed by atoms with Crippen molar-refractivity contribution < 1.29 is 0 Å². The summed E-state index contributed by atoms with van der Waals surface area (Å²) in [6, 6.07) is 7.17. The summed E-state index contributed by atoms with van der Waals surface area (Å²) in [5.41, 5.74) is 7.24. The first-order valence-corrected chi connectivity index (χ1v) is 5.20. The molecule has 0 atom stereocenters. The highest BCUT2D eigenvalue weighted by Crippen LogP contribution is 2.30. The van der Waals surface area contributed by atoms with E-state index in [0.717, 1.165) is 0 Å². The Hall–Kier alpha value is -1.17. The van der Waals surface area contributed by atoms with Crippen molar-refractivity contribution >= 4 is 28.9 Å². The Kier molecular flexibility index (Phi) is 4.02. The minimum atomic E-state index is 0.357. The highest BCUT2D eigenvalue weighted by molar-refractivity contribution is 6.37. The third-order valence-corrected chi connectivity index (χ3v) is 2.68. The molecule has 4 heteroatoms. The Labute approximate surface area is 98.9 Å². The highest BCUT2D eigenvalue weighted by Gasteiger charge is 2.11. The van der Waals surface area contributed by atoms with Crippen LogP contribution < -0.4 is 5.73 Å². The van der Waals surface area contributed by atoms with Crippen LogP contribution in [0.1, 0.15) is 18.9 Å². The van der Waals surface area contributed by atoms with Crippen molar-refractivity contribution in [3.8, 4) is 6.07 Å². The normalized spacial score (nSPS) is 11.9. The molecule has 0 saturated carbocycles. The topological polar surface area (TPSA) is 49.8 Å². The van der Waals surface area contributed by atoms with Crippen LogP contribution in [0.5, 0.6) is 0 Å². The van der Waals surface area contributed by atoms with Gasteiger partial charge in [-0.1, -0.05) is 36.2 Å². The number of benzene rings is 1. The SMILES string of the molecule is CC/C(C#N)=C(/N)c1c(Cl)cccc1Cl. The smallest absolute Gasteiger partial charge is 0.0968 e. The molecule has 0 saturated heterocycles. The molecule has 2 nitrogen and oxygen atoms in total. The molecular formula is C11H10Cl2N2. The van der Waals surface area contributed by atoms with Gasteiger partial charge in [0.25, 0.3) is 0 Å². The first kappa shape index (κ1) is 11.9. The largest absolute Gasteiger partial charge is 0.397 e. The summed E-state index contributed by atoms with van der Waals surface area (Å²) < 4.78 is 0. The standard InChI is InChI=1S/C11H10Cl2N2/c1-2-7(6-14)11(15)10-8(12)4-3-5-9(10)13/h3-5H,2,15H2,1H3/b11-7-. The molecule has 0 aromatic heterocycles. The quantitative estimate of drug-likeness (QED) is 0.804. The minimum Gasteiger partial charge on any atom is -0.397 e. The van der Waals surface area contributed by atoms with Gasteiger partial charge in [0.15, 0.2) is 0 Å². The fourth-order valence-corrected chi connectivity index (χ4v) is 1.84. The third-order valence-electron chi connectivity index (χ3n) is 2.05. The van der Waals surface area contributed by atoms with Crippen molar-refractivity contribution in [3.05, 3.63) is 39.4 Å².